The molecule has 1 aromatic carbocycles. The van der Waals surface area contributed by atoms with E-state index in [1.54, 1.807) is 37.3 Å². The van der Waals surface area contributed by atoms with E-state index in [2.05, 4.69) is 20.3 Å². The number of hydrogen-bond acceptors (Lipinski definition) is 6. The minimum atomic E-state index is -2.71. The third-order valence-electron chi connectivity index (χ3n) is 6.09. The van der Waals surface area contributed by atoms with Crippen LogP contribution in [0.2, 0.25) is 0 Å². The minimum Gasteiger partial charge on any atom is -0.370 e. The lowest BCUT2D eigenvalue weighted by atomic mass is 9.85. The van der Waals surface area contributed by atoms with E-state index >= 15 is 0 Å². The number of anilines is 1. The van der Waals surface area contributed by atoms with E-state index in [0.29, 0.717) is 47.6 Å². The van der Waals surface area contributed by atoms with Gasteiger partial charge in [0.25, 0.3) is 6.43 Å². The van der Waals surface area contributed by atoms with Gasteiger partial charge in [0.05, 0.1) is 24.2 Å². The number of rotatable bonds is 5. The summed E-state index contributed by atoms with van der Waals surface area (Å²) in [6, 6.07) is 8.78. The number of hydrogen-bond donors (Lipinski definition) is 1. The Morgan fingerprint density at radius 2 is 1.87 bits per heavy atom. The molecular formula is C22H25F2N5O2. The Kier molecular flexibility index (Phi) is 5.31. The topological polar surface area (TPSA) is 74.1 Å². The molecule has 1 saturated carbocycles. The van der Waals surface area contributed by atoms with Crippen molar-refractivity contribution in [3.63, 3.8) is 0 Å². The maximum Gasteiger partial charge on any atom is 0.296 e. The number of ether oxygens (including phenoxy) is 2. The molecule has 0 unspecified atom stereocenters. The molecule has 164 valence electrons. The summed E-state index contributed by atoms with van der Waals surface area (Å²) in [7, 11) is 0. The molecule has 1 N–H and O–H groups in total. The number of imidazole rings is 1. The Hall–Kier alpha value is -2.65. The van der Waals surface area contributed by atoms with E-state index in [1.165, 1.54) is 4.57 Å². The smallest absolute Gasteiger partial charge is 0.296 e. The Morgan fingerprint density at radius 3 is 2.61 bits per heavy atom. The standard InChI is InChI=1S/C22H25F2N5O2/c1-14-26-18(25-13-15-6-8-22(9-7-15)30-10-11-31-22)12-19(27-14)29-17-5-3-2-4-16(17)28-21(29)20(23)24/h2-5,12,15,20H,6-11,13H2,1H3,(H,25,26,27). The van der Waals surface area contributed by atoms with Crippen molar-refractivity contribution >= 4 is 16.9 Å². The van der Waals surface area contributed by atoms with Crippen LogP contribution in [-0.2, 0) is 9.47 Å². The van der Waals surface area contributed by atoms with Crippen molar-refractivity contribution in [2.75, 3.05) is 25.1 Å². The summed E-state index contributed by atoms with van der Waals surface area (Å²) in [4.78, 5) is 13.0. The largest absolute Gasteiger partial charge is 0.370 e. The summed E-state index contributed by atoms with van der Waals surface area (Å²) in [5, 5.41) is 3.38. The van der Waals surface area contributed by atoms with Gasteiger partial charge >= 0.3 is 0 Å². The first-order valence-corrected chi connectivity index (χ1v) is 10.7. The van der Waals surface area contributed by atoms with Crippen molar-refractivity contribution in [1.29, 1.82) is 0 Å². The number of nitrogens with one attached hydrogen (secondary N) is 1. The molecule has 2 fully saturated rings. The first kappa shape index (κ1) is 20.3. The van der Waals surface area contributed by atoms with E-state index in [9.17, 15) is 8.78 Å². The van der Waals surface area contributed by atoms with Crippen LogP contribution in [0, 0.1) is 12.8 Å². The van der Waals surface area contributed by atoms with E-state index in [1.807, 2.05) is 0 Å². The van der Waals surface area contributed by atoms with E-state index < -0.39 is 6.43 Å². The van der Waals surface area contributed by atoms with Gasteiger partial charge in [0.15, 0.2) is 11.6 Å². The van der Waals surface area contributed by atoms with Crippen LogP contribution in [0.3, 0.4) is 0 Å². The number of aromatic nitrogens is 4. The average molecular weight is 429 g/mol. The molecule has 5 rings (SSSR count). The lowest BCUT2D eigenvalue weighted by Gasteiger charge is -2.35. The van der Waals surface area contributed by atoms with Crippen molar-refractivity contribution in [2.24, 2.45) is 5.92 Å². The van der Waals surface area contributed by atoms with E-state index in [-0.39, 0.29) is 11.6 Å². The second-order valence-corrected chi connectivity index (χ2v) is 8.19. The molecule has 0 radical (unpaired) electrons. The van der Waals surface area contributed by atoms with Gasteiger partial charge in [0.2, 0.25) is 0 Å². The van der Waals surface area contributed by atoms with Crippen LogP contribution in [0.4, 0.5) is 14.6 Å². The Labute approximate surface area is 178 Å². The molecular weight excluding hydrogens is 404 g/mol. The summed E-state index contributed by atoms with van der Waals surface area (Å²) in [6.07, 6.45) is 1.09. The normalized spacial score (nSPS) is 19.0. The average Bonchev–Trinajstić information content (AvgIpc) is 3.38. The van der Waals surface area contributed by atoms with Crippen molar-refractivity contribution < 1.29 is 18.3 Å². The minimum absolute atomic E-state index is 0.320. The fourth-order valence-electron chi connectivity index (χ4n) is 4.54. The summed E-state index contributed by atoms with van der Waals surface area (Å²) in [5.41, 5.74) is 1.10. The van der Waals surface area contributed by atoms with Gasteiger partial charge < -0.3 is 14.8 Å². The lowest BCUT2D eigenvalue weighted by Crippen LogP contribution is -2.36. The fraction of sp³-hybridized carbons (Fsp3) is 0.500. The molecule has 0 amide bonds. The number of benzene rings is 1. The number of nitrogens with zero attached hydrogens (tertiary/aromatic N) is 4. The third-order valence-corrected chi connectivity index (χ3v) is 6.09. The number of aryl methyl sites for hydroxylation is 1. The van der Waals surface area contributed by atoms with E-state index in [4.69, 9.17) is 9.47 Å². The summed E-state index contributed by atoms with van der Waals surface area (Å²) in [5.74, 6) is 1.29. The van der Waals surface area contributed by atoms with Crippen molar-refractivity contribution in [1.82, 2.24) is 19.5 Å². The first-order valence-electron chi connectivity index (χ1n) is 10.7. The van der Waals surface area contributed by atoms with Gasteiger partial charge in [-0.15, -0.1) is 0 Å². The highest BCUT2D eigenvalue weighted by atomic mass is 19.3. The van der Waals surface area contributed by atoms with Gasteiger partial charge in [-0.3, -0.25) is 4.57 Å². The van der Waals surface area contributed by atoms with Crippen LogP contribution in [0.5, 0.6) is 0 Å². The summed E-state index contributed by atoms with van der Waals surface area (Å²) < 4.78 is 40.4. The Bertz CT molecular complexity index is 1070. The van der Waals surface area contributed by atoms with Crippen molar-refractivity contribution in [3.05, 3.63) is 42.0 Å². The fourth-order valence-corrected chi connectivity index (χ4v) is 4.54. The molecule has 1 aliphatic heterocycles. The van der Waals surface area contributed by atoms with Gasteiger partial charge in [-0.1, -0.05) is 12.1 Å². The molecule has 31 heavy (non-hydrogen) atoms. The lowest BCUT2D eigenvalue weighted by molar-refractivity contribution is -0.181. The molecule has 3 heterocycles. The highest BCUT2D eigenvalue weighted by Crippen LogP contribution is 2.38. The van der Waals surface area contributed by atoms with Crippen LogP contribution in [-0.4, -0.2) is 45.1 Å². The molecule has 9 heteroatoms. The summed E-state index contributed by atoms with van der Waals surface area (Å²) in [6.45, 7) is 3.86. The number of alkyl halides is 2. The zero-order valence-corrected chi connectivity index (χ0v) is 17.4. The van der Waals surface area contributed by atoms with Crippen LogP contribution in [0.15, 0.2) is 30.3 Å². The molecule has 1 saturated heterocycles. The Balaban J connectivity index is 1.36. The predicted molar refractivity (Wildman–Crippen MR) is 111 cm³/mol. The molecule has 3 aromatic rings. The van der Waals surface area contributed by atoms with E-state index in [0.717, 1.165) is 32.2 Å². The van der Waals surface area contributed by atoms with Crippen LogP contribution in [0.25, 0.3) is 16.9 Å². The second kappa shape index (κ2) is 8.12. The van der Waals surface area contributed by atoms with Crippen LogP contribution >= 0.6 is 0 Å². The van der Waals surface area contributed by atoms with Crippen LogP contribution < -0.4 is 5.32 Å². The number of para-hydroxylation sites is 2. The van der Waals surface area contributed by atoms with Crippen molar-refractivity contribution in [3.8, 4) is 5.82 Å². The predicted octanol–water partition coefficient (Wildman–Crippen LogP) is 4.41. The molecule has 0 atom stereocenters. The SMILES string of the molecule is Cc1nc(NCC2CCC3(CC2)OCCO3)cc(-n2c(C(F)F)nc3ccccc32)n1. The van der Waals surface area contributed by atoms with Crippen molar-refractivity contribution in [2.45, 2.75) is 44.8 Å². The zero-order valence-electron chi connectivity index (χ0n) is 17.4. The molecule has 0 bridgehead atoms. The number of halogens is 2. The van der Waals surface area contributed by atoms with Gasteiger partial charge in [0, 0.05) is 25.5 Å². The number of fused-ring (bicyclic) bond motifs is 1. The van der Waals surface area contributed by atoms with Gasteiger partial charge in [-0.25, -0.2) is 23.7 Å². The highest BCUT2D eigenvalue weighted by Gasteiger charge is 2.40. The zero-order chi connectivity index (χ0) is 21.4. The van der Waals surface area contributed by atoms with Gasteiger partial charge in [-0.05, 0) is 37.8 Å². The van der Waals surface area contributed by atoms with Gasteiger partial charge in [0.1, 0.15) is 17.5 Å². The molecule has 2 aromatic heterocycles. The van der Waals surface area contributed by atoms with Gasteiger partial charge in [-0.2, -0.15) is 0 Å². The maximum absolute atomic E-state index is 13.7. The highest BCUT2D eigenvalue weighted by molar-refractivity contribution is 5.78. The quantitative estimate of drug-likeness (QED) is 0.648. The monoisotopic (exact) mass is 429 g/mol. The molecule has 2 aliphatic rings. The Morgan fingerprint density at radius 1 is 1.13 bits per heavy atom. The maximum atomic E-state index is 13.7. The summed E-state index contributed by atoms with van der Waals surface area (Å²) >= 11 is 0. The molecule has 7 nitrogen and oxygen atoms in total. The van der Waals surface area contributed by atoms with Crippen LogP contribution in [0.1, 0.15) is 43.8 Å². The second-order valence-electron chi connectivity index (χ2n) is 8.19. The third kappa shape index (κ3) is 3.99. The molecule has 1 spiro atoms. The first-order chi connectivity index (χ1) is 15.0. The molecule has 1 aliphatic carbocycles.